The smallest absolute Gasteiger partial charge is 0.228 e. The van der Waals surface area contributed by atoms with Crippen LogP contribution in [0.4, 0.5) is 11.6 Å². The van der Waals surface area contributed by atoms with E-state index >= 15 is 0 Å². The van der Waals surface area contributed by atoms with Crippen molar-refractivity contribution in [1.29, 1.82) is 0 Å². The van der Waals surface area contributed by atoms with Crippen molar-refractivity contribution in [3.8, 4) is 0 Å². The van der Waals surface area contributed by atoms with E-state index in [1.54, 1.807) is 4.90 Å². The maximum Gasteiger partial charge on any atom is 0.228 e. The topological polar surface area (TPSA) is 88.3 Å². The van der Waals surface area contributed by atoms with Crippen LogP contribution in [0.25, 0.3) is 11.0 Å². The second kappa shape index (κ2) is 7.30. The standard InChI is InChI=1S/C19H22N6O2/c1-3-6-15-22-16(27-23-15)9-10-17(26)25-12-11-24(2)18-19(25)21-14-8-5-4-7-13(14)20-18/h4-5,7-8H,3,6,9-12H2,1-2H3. The highest BCUT2D eigenvalue weighted by molar-refractivity contribution is 5.97. The zero-order valence-corrected chi connectivity index (χ0v) is 15.6. The molecule has 0 saturated heterocycles. The Morgan fingerprint density at radius 3 is 2.56 bits per heavy atom. The molecular formula is C19H22N6O2. The van der Waals surface area contributed by atoms with E-state index in [0.717, 1.165) is 29.7 Å². The van der Waals surface area contributed by atoms with E-state index in [1.165, 1.54) is 0 Å². The van der Waals surface area contributed by atoms with Crippen molar-refractivity contribution in [3.63, 3.8) is 0 Å². The largest absolute Gasteiger partial charge is 0.355 e. The Kier molecular flexibility index (Phi) is 4.70. The van der Waals surface area contributed by atoms with Crippen LogP contribution >= 0.6 is 0 Å². The number of amides is 1. The van der Waals surface area contributed by atoms with Gasteiger partial charge in [0.1, 0.15) is 0 Å². The van der Waals surface area contributed by atoms with Gasteiger partial charge in [-0.25, -0.2) is 9.97 Å². The lowest BCUT2D eigenvalue weighted by atomic mass is 10.2. The molecule has 0 unspecified atom stereocenters. The number of hydrogen-bond donors (Lipinski definition) is 0. The second-order valence-corrected chi connectivity index (χ2v) is 6.68. The van der Waals surface area contributed by atoms with Crippen LogP contribution in [0.15, 0.2) is 28.8 Å². The molecule has 0 aliphatic carbocycles. The third-order valence-electron chi connectivity index (χ3n) is 4.65. The summed E-state index contributed by atoms with van der Waals surface area (Å²) in [4.78, 5) is 30.3. The highest BCUT2D eigenvalue weighted by atomic mass is 16.5. The Labute approximate surface area is 157 Å². The van der Waals surface area contributed by atoms with Crippen molar-refractivity contribution in [2.45, 2.75) is 32.6 Å². The predicted octanol–water partition coefficient (Wildman–Crippen LogP) is 2.38. The van der Waals surface area contributed by atoms with Gasteiger partial charge in [-0.05, 0) is 18.6 Å². The normalized spacial score (nSPS) is 13.9. The number of fused-ring (bicyclic) bond motifs is 2. The fourth-order valence-corrected chi connectivity index (χ4v) is 3.19. The molecule has 2 aromatic heterocycles. The van der Waals surface area contributed by atoms with Gasteiger partial charge in [-0.1, -0.05) is 24.2 Å². The van der Waals surface area contributed by atoms with Crippen LogP contribution in [-0.4, -0.2) is 46.2 Å². The molecule has 3 aromatic rings. The molecule has 1 amide bonds. The molecule has 8 nitrogen and oxygen atoms in total. The van der Waals surface area contributed by atoms with E-state index in [-0.39, 0.29) is 5.91 Å². The zero-order chi connectivity index (χ0) is 18.8. The van der Waals surface area contributed by atoms with Crippen molar-refractivity contribution in [3.05, 3.63) is 36.0 Å². The van der Waals surface area contributed by atoms with Gasteiger partial charge in [-0.3, -0.25) is 9.69 Å². The van der Waals surface area contributed by atoms with E-state index in [2.05, 4.69) is 17.1 Å². The average molecular weight is 366 g/mol. The van der Waals surface area contributed by atoms with Gasteiger partial charge in [0, 0.05) is 39.4 Å². The first-order chi connectivity index (χ1) is 13.2. The molecule has 0 radical (unpaired) electrons. The van der Waals surface area contributed by atoms with Crippen LogP contribution in [-0.2, 0) is 17.6 Å². The first-order valence-corrected chi connectivity index (χ1v) is 9.25. The number of likely N-dealkylation sites (N-methyl/N-ethyl adjacent to an activating group) is 1. The minimum Gasteiger partial charge on any atom is -0.355 e. The van der Waals surface area contributed by atoms with Crippen LogP contribution in [0.1, 0.15) is 31.5 Å². The summed E-state index contributed by atoms with van der Waals surface area (Å²) in [6, 6.07) is 7.70. The Hall–Kier alpha value is -3.03. The molecule has 0 saturated carbocycles. The van der Waals surface area contributed by atoms with E-state index in [1.807, 2.05) is 36.2 Å². The molecule has 0 bridgehead atoms. The summed E-state index contributed by atoms with van der Waals surface area (Å²) < 4.78 is 5.23. The van der Waals surface area contributed by atoms with Gasteiger partial charge in [0.2, 0.25) is 11.8 Å². The summed E-state index contributed by atoms with van der Waals surface area (Å²) in [6.45, 7) is 3.36. The molecule has 1 aliphatic rings. The maximum atomic E-state index is 12.9. The molecule has 8 heteroatoms. The minimum absolute atomic E-state index is 0.0100. The molecule has 0 spiro atoms. The number of aromatic nitrogens is 4. The first kappa shape index (κ1) is 17.4. The molecule has 3 heterocycles. The van der Waals surface area contributed by atoms with E-state index in [0.29, 0.717) is 43.5 Å². The number of anilines is 2. The Bertz CT molecular complexity index is 970. The monoisotopic (exact) mass is 366 g/mol. The molecule has 1 aliphatic heterocycles. The third-order valence-corrected chi connectivity index (χ3v) is 4.65. The van der Waals surface area contributed by atoms with Crippen molar-refractivity contribution < 1.29 is 9.32 Å². The van der Waals surface area contributed by atoms with Gasteiger partial charge in [-0.2, -0.15) is 4.98 Å². The molecular weight excluding hydrogens is 344 g/mol. The molecule has 1 aromatic carbocycles. The number of carbonyl (C=O) groups is 1. The van der Waals surface area contributed by atoms with Gasteiger partial charge in [0.25, 0.3) is 0 Å². The van der Waals surface area contributed by atoms with E-state index in [9.17, 15) is 4.79 Å². The fourth-order valence-electron chi connectivity index (χ4n) is 3.19. The highest BCUT2D eigenvalue weighted by Crippen LogP contribution is 2.31. The number of aryl methyl sites for hydroxylation is 2. The van der Waals surface area contributed by atoms with Crippen LogP contribution < -0.4 is 9.80 Å². The van der Waals surface area contributed by atoms with Crippen molar-refractivity contribution in [2.24, 2.45) is 0 Å². The maximum absolute atomic E-state index is 12.9. The molecule has 0 atom stereocenters. The average Bonchev–Trinajstić information content (AvgIpc) is 3.13. The fraction of sp³-hybridized carbons (Fsp3) is 0.421. The second-order valence-electron chi connectivity index (χ2n) is 6.68. The number of nitrogens with zero attached hydrogens (tertiary/aromatic N) is 6. The minimum atomic E-state index is -0.0100. The first-order valence-electron chi connectivity index (χ1n) is 9.25. The zero-order valence-electron chi connectivity index (χ0n) is 15.6. The van der Waals surface area contributed by atoms with Gasteiger partial charge in [0.05, 0.1) is 11.0 Å². The SMILES string of the molecule is CCCc1noc(CCC(=O)N2CCN(C)c3nc4ccccc4nc32)n1. The van der Waals surface area contributed by atoms with Gasteiger partial charge in [0.15, 0.2) is 17.5 Å². The van der Waals surface area contributed by atoms with Crippen LogP contribution in [0, 0.1) is 0 Å². The van der Waals surface area contributed by atoms with E-state index < -0.39 is 0 Å². The number of carbonyl (C=O) groups excluding carboxylic acids is 1. The summed E-state index contributed by atoms with van der Waals surface area (Å²) in [5, 5.41) is 3.94. The number of para-hydroxylation sites is 2. The summed E-state index contributed by atoms with van der Waals surface area (Å²) in [5.41, 5.74) is 1.61. The van der Waals surface area contributed by atoms with Gasteiger partial charge in [-0.15, -0.1) is 0 Å². The highest BCUT2D eigenvalue weighted by Gasteiger charge is 2.28. The Balaban J connectivity index is 1.54. The van der Waals surface area contributed by atoms with Crippen LogP contribution in [0.5, 0.6) is 0 Å². The quantitative estimate of drug-likeness (QED) is 0.685. The molecule has 27 heavy (non-hydrogen) atoms. The van der Waals surface area contributed by atoms with Crippen molar-refractivity contribution in [2.75, 3.05) is 29.9 Å². The van der Waals surface area contributed by atoms with E-state index in [4.69, 9.17) is 14.5 Å². The van der Waals surface area contributed by atoms with Crippen LogP contribution in [0.3, 0.4) is 0 Å². The molecule has 4 rings (SSSR count). The summed E-state index contributed by atoms with van der Waals surface area (Å²) >= 11 is 0. The lowest BCUT2D eigenvalue weighted by Crippen LogP contribution is -2.43. The van der Waals surface area contributed by atoms with Gasteiger partial charge < -0.3 is 9.42 Å². The lowest BCUT2D eigenvalue weighted by Gasteiger charge is -2.33. The summed E-state index contributed by atoms with van der Waals surface area (Å²) in [5.74, 6) is 2.54. The molecule has 140 valence electrons. The Morgan fingerprint density at radius 1 is 1.07 bits per heavy atom. The lowest BCUT2D eigenvalue weighted by molar-refractivity contribution is -0.118. The van der Waals surface area contributed by atoms with Crippen molar-refractivity contribution >= 4 is 28.6 Å². The predicted molar refractivity (Wildman–Crippen MR) is 102 cm³/mol. The number of rotatable bonds is 5. The van der Waals surface area contributed by atoms with Crippen molar-refractivity contribution in [1.82, 2.24) is 20.1 Å². The Morgan fingerprint density at radius 2 is 1.81 bits per heavy atom. The van der Waals surface area contributed by atoms with Gasteiger partial charge >= 0.3 is 0 Å². The molecule has 0 N–H and O–H groups in total. The van der Waals surface area contributed by atoms with Crippen LogP contribution in [0.2, 0.25) is 0 Å². The number of benzene rings is 1. The molecule has 0 fully saturated rings. The third kappa shape index (κ3) is 3.47. The number of hydrogen-bond acceptors (Lipinski definition) is 7. The summed E-state index contributed by atoms with van der Waals surface area (Å²) in [7, 11) is 1.97. The summed E-state index contributed by atoms with van der Waals surface area (Å²) in [6.07, 6.45) is 2.47.